The molecule has 2 aromatic rings. The van der Waals surface area contributed by atoms with E-state index in [0.29, 0.717) is 28.3 Å². The van der Waals surface area contributed by atoms with Gasteiger partial charge < -0.3 is 15.8 Å². The molecule has 148 valence electrons. The predicted molar refractivity (Wildman–Crippen MR) is 106 cm³/mol. The number of nitrogens with zero attached hydrogens (tertiary/aromatic N) is 1. The maximum absolute atomic E-state index is 12.8. The van der Waals surface area contributed by atoms with Crippen molar-refractivity contribution in [3.63, 3.8) is 0 Å². The van der Waals surface area contributed by atoms with Crippen LogP contribution in [0.15, 0.2) is 42.5 Å². The summed E-state index contributed by atoms with van der Waals surface area (Å²) in [7, 11) is -3.59. The minimum atomic E-state index is -3.59. The number of nitrogens with one attached hydrogen (secondary N) is 1. The molecule has 0 saturated heterocycles. The number of primary amides is 1. The highest BCUT2D eigenvalue weighted by Gasteiger charge is 2.36. The summed E-state index contributed by atoms with van der Waals surface area (Å²) in [6.07, 6.45) is -1.05. The van der Waals surface area contributed by atoms with Gasteiger partial charge in [0.15, 0.2) is 6.10 Å². The summed E-state index contributed by atoms with van der Waals surface area (Å²) in [4.78, 5) is 24.3. The first-order chi connectivity index (χ1) is 13.2. The van der Waals surface area contributed by atoms with E-state index in [1.807, 2.05) is 0 Å². The minimum absolute atomic E-state index is 0.102. The van der Waals surface area contributed by atoms with Crippen molar-refractivity contribution in [2.75, 3.05) is 21.9 Å². The van der Waals surface area contributed by atoms with Gasteiger partial charge in [0.2, 0.25) is 15.9 Å². The SMILES string of the molecule is CCS(=O)(=O)N1CC(C(=O)Nc2cccc(C(N)=O)c2C)Oc2ccccc21. The van der Waals surface area contributed by atoms with Gasteiger partial charge in [-0.25, -0.2) is 8.42 Å². The zero-order valence-corrected chi connectivity index (χ0v) is 16.3. The number of sulfonamides is 1. The first-order valence-electron chi connectivity index (χ1n) is 8.71. The molecular weight excluding hydrogens is 382 g/mol. The lowest BCUT2D eigenvalue weighted by atomic mass is 10.1. The largest absolute Gasteiger partial charge is 0.476 e. The van der Waals surface area contributed by atoms with Crippen LogP contribution in [0.2, 0.25) is 0 Å². The van der Waals surface area contributed by atoms with E-state index in [1.54, 1.807) is 56.3 Å². The number of carbonyl (C=O) groups excluding carboxylic acids is 2. The van der Waals surface area contributed by atoms with E-state index in [2.05, 4.69) is 5.32 Å². The number of hydrogen-bond donors (Lipinski definition) is 2. The van der Waals surface area contributed by atoms with Gasteiger partial charge in [-0.2, -0.15) is 0 Å². The number of nitrogens with two attached hydrogens (primary N) is 1. The third-order valence-corrected chi connectivity index (χ3v) is 6.33. The highest BCUT2D eigenvalue weighted by atomic mass is 32.2. The Morgan fingerprint density at radius 1 is 1.21 bits per heavy atom. The van der Waals surface area contributed by atoms with Crippen molar-refractivity contribution in [1.82, 2.24) is 0 Å². The minimum Gasteiger partial charge on any atom is -0.476 e. The van der Waals surface area contributed by atoms with Crippen LogP contribution in [0, 0.1) is 6.92 Å². The predicted octanol–water partition coefficient (Wildman–Crippen LogP) is 1.65. The summed E-state index contributed by atoms with van der Waals surface area (Å²) >= 11 is 0. The van der Waals surface area contributed by atoms with E-state index < -0.39 is 27.9 Å². The van der Waals surface area contributed by atoms with Crippen LogP contribution in [0.1, 0.15) is 22.8 Å². The Hall–Kier alpha value is -3.07. The van der Waals surface area contributed by atoms with Crippen molar-refractivity contribution in [2.24, 2.45) is 5.73 Å². The molecule has 1 unspecified atom stereocenters. The van der Waals surface area contributed by atoms with Gasteiger partial charge in [-0.15, -0.1) is 0 Å². The molecule has 0 aromatic heterocycles. The molecule has 0 fully saturated rings. The van der Waals surface area contributed by atoms with Crippen molar-refractivity contribution >= 4 is 33.2 Å². The fourth-order valence-electron chi connectivity index (χ4n) is 3.01. The summed E-state index contributed by atoms with van der Waals surface area (Å²) in [5.74, 6) is -0.907. The highest BCUT2D eigenvalue weighted by Crippen LogP contribution is 2.35. The molecule has 2 aromatic carbocycles. The number of anilines is 2. The van der Waals surface area contributed by atoms with Crippen molar-refractivity contribution in [1.29, 1.82) is 0 Å². The first-order valence-corrected chi connectivity index (χ1v) is 10.3. The van der Waals surface area contributed by atoms with Gasteiger partial charge in [-0.3, -0.25) is 13.9 Å². The van der Waals surface area contributed by atoms with E-state index in [0.717, 1.165) is 0 Å². The van der Waals surface area contributed by atoms with Crippen LogP contribution < -0.4 is 20.1 Å². The summed E-state index contributed by atoms with van der Waals surface area (Å²) in [6.45, 7) is 3.06. The average Bonchev–Trinajstić information content (AvgIpc) is 2.68. The summed E-state index contributed by atoms with van der Waals surface area (Å²) in [5.41, 5.74) is 6.98. The zero-order chi connectivity index (χ0) is 20.5. The Kier molecular flexibility index (Phi) is 5.28. The van der Waals surface area contributed by atoms with Gasteiger partial charge in [0.1, 0.15) is 5.75 Å². The number of rotatable bonds is 5. The average molecular weight is 403 g/mol. The number of para-hydroxylation sites is 2. The molecule has 1 heterocycles. The van der Waals surface area contributed by atoms with Crippen LogP contribution in [-0.2, 0) is 14.8 Å². The van der Waals surface area contributed by atoms with Gasteiger partial charge in [0, 0.05) is 11.3 Å². The second kappa shape index (κ2) is 7.51. The summed E-state index contributed by atoms with van der Waals surface area (Å²) in [5, 5.41) is 2.70. The summed E-state index contributed by atoms with van der Waals surface area (Å²) < 4.78 is 31.9. The molecule has 28 heavy (non-hydrogen) atoms. The fraction of sp³-hybridized carbons (Fsp3) is 0.263. The lowest BCUT2D eigenvalue weighted by molar-refractivity contribution is -0.122. The lowest BCUT2D eigenvalue weighted by Gasteiger charge is -2.34. The number of hydrogen-bond acceptors (Lipinski definition) is 5. The monoisotopic (exact) mass is 403 g/mol. The van der Waals surface area contributed by atoms with E-state index in [9.17, 15) is 18.0 Å². The number of carbonyl (C=O) groups is 2. The Bertz CT molecular complexity index is 1040. The third kappa shape index (κ3) is 3.65. The zero-order valence-electron chi connectivity index (χ0n) is 15.5. The fourth-order valence-corrected chi connectivity index (χ4v) is 4.13. The molecule has 1 aliphatic rings. The van der Waals surface area contributed by atoms with Crippen LogP contribution in [-0.4, -0.2) is 38.6 Å². The van der Waals surface area contributed by atoms with E-state index in [1.165, 1.54) is 4.31 Å². The molecule has 1 aliphatic heterocycles. The number of amides is 2. The molecule has 2 amide bonds. The molecule has 8 nitrogen and oxygen atoms in total. The molecule has 9 heteroatoms. The quantitative estimate of drug-likeness (QED) is 0.787. The number of fused-ring (bicyclic) bond motifs is 1. The van der Waals surface area contributed by atoms with Crippen molar-refractivity contribution in [3.8, 4) is 5.75 Å². The Morgan fingerprint density at radius 2 is 1.93 bits per heavy atom. The molecule has 0 spiro atoms. The Balaban J connectivity index is 1.90. The number of benzene rings is 2. The molecule has 0 saturated carbocycles. The highest BCUT2D eigenvalue weighted by molar-refractivity contribution is 7.92. The first kappa shape index (κ1) is 19.7. The van der Waals surface area contributed by atoms with Crippen LogP contribution in [0.25, 0.3) is 0 Å². The normalized spacial score (nSPS) is 16.1. The van der Waals surface area contributed by atoms with Crippen molar-refractivity contribution in [3.05, 3.63) is 53.6 Å². The van der Waals surface area contributed by atoms with Gasteiger partial charge in [0.25, 0.3) is 5.91 Å². The van der Waals surface area contributed by atoms with Crippen molar-refractivity contribution < 1.29 is 22.7 Å². The second-order valence-corrected chi connectivity index (χ2v) is 8.52. The van der Waals surface area contributed by atoms with E-state index >= 15 is 0 Å². The standard InChI is InChI=1S/C19H21N3O5S/c1-3-28(25,26)22-11-17(27-16-10-5-4-9-15(16)22)19(24)21-14-8-6-7-13(12(14)2)18(20)23/h4-10,17H,3,11H2,1-2H3,(H2,20,23)(H,21,24). The van der Waals surface area contributed by atoms with E-state index in [4.69, 9.17) is 10.5 Å². The maximum atomic E-state index is 12.8. The Labute approximate surface area is 163 Å². The molecule has 3 N–H and O–H groups in total. The number of ether oxygens (including phenoxy) is 1. The molecule has 3 rings (SSSR count). The summed E-state index contributed by atoms with van der Waals surface area (Å²) in [6, 6.07) is 11.5. The smallest absolute Gasteiger partial charge is 0.267 e. The van der Waals surface area contributed by atoms with Crippen LogP contribution in [0.5, 0.6) is 5.75 Å². The van der Waals surface area contributed by atoms with Crippen LogP contribution in [0.4, 0.5) is 11.4 Å². The lowest BCUT2D eigenvalue weighted by Crippen LogP contribution is -2.49. The topological polar surface area (TPSA) is 119 Å². The van der Waals surface area contributed by atoms with Gasteiger partial charge in [-0.05, 0) is 43.7 Å². The van der Waals surface area contributed by atoms with Crippen LogP contribution in [0.3, 0.4) is 0 Å². The molecule has 0 radical (unpaired) electrons. The van der Waals surface area contributed by atoms with Crippen molar-refractivity contribution in [2.45, 2.75) is 20.0 Å². The molecular formula is C19H21N3O5S. The molecule has 1 atom stereocenters. The second-order valence-electron chi connectivity index (χ2n) is 6.34. The van der Waals surface area contributed by atoms with Gasteiger partial charge >= 0.3 is 0 Å². The molecule has 0 bridgehead atoms. The van der Waals surface area contributed by atoms with Crippen LogP contribution >= 0.6 is 0 Å². The van der Waals surface area contributed by atoms with Gasteiger partial charge in [-0.1, -0.05) is 18.2 Å². The van der Waals surface area contributed by atoms with E-state index in [-0.39, 0.29) is 12.3 Å². The molecule has 0 aliphatic carbocycles. The Morgan fingerprint density at radius 3 is 2.61 bits per heavy atom. The third-order valence-electron chi connectivity index (χ3n) is 4.58. The maximum Gasteiger partial charge on any atom is 0.267 e. The van der Waals surface area contributed by atoms with Gasteiger partial charge in [0.05, 0.1) is 18.0 Å².